The van der Waals surface area contributed by atoms with Crippen LogP contribution in [0.15, 0.2) is 17.5 Å². The molecule has 17 heavy (non-hydrogen) atoms. The van der Waals surface area contributed by atoms with Gasteiger partial charge in [-0.25, -0.2) is 0 Å². The van der Waals surface area contributed by atoms with E-state index in [0.29, 0.717) is 6.61 Å². The van der Waals surface area contributed by atoms with Gasteiger partial charge in [-0.3, -0.25) is 9.59 Å². The van der Waals surface area contributed by atoms with Crippen LogP contribution >= 0.6 is 11.3 Å². The number of hydrogen-bond acceptors (Lipinski definition) is 4. The maximum Gasteiger partial charge on any atom is 0.309 e. The van der Waals surface area contributed by atoms with Crippen LogP contribution in [0.25, 0.3) is 6.08 Å². The molecule has 92 valence electrons. The molecular weight excluding hydrogens is 240 g/mol. The molecule has 5 heteroatoms. The Morgan fingerprint density at radius 2 is 2.29 bits per heavy atom. The number of carboxylic acid groups (broad SMARTS) is 1. The monoisotopic (exact) mass is 254 g/mol. The number of rotatable bonds is 6. The second kappa shape index (κ2) is 6.85. The SMILES string of the molecule is CCOC(=O)CC=Cc1csc(CC(=O)O)c1. The lowest BCUT2D eigenvalue weighted by atomic mass is 10.2. The van der Waals surface area contributed by atoms with E-state index in [9.17, 15) is 9.59 Å². The second-order valence-electron chi connectivity index (χ2n) is 3.33. The zero-order valence-electron chi connectivity index (χ0n) is 9.51. The summed E-state index contributed by atoms with van der Waals surface area (Å²) in [7, 11) is 0. The number of hydrogen-bond donors (Lipinski definition) is 1. The Morgan fingerprint density at radius 1 is 1.53 bits per heavy atom. The van der Waals surface area contributed by atoms with Crippen LogP contribution in [-0.2, 0) is 20.7 Å². The van der Waals surface area contributed by atoms with Crippen LogP contribution in [0.4, 0.5) is 0 Å². The molecule has 0 aliphatic heterocycles. The fraction of sp³-hybridized carbons (Fsp3) is 0.333. The van der Waals surface area contributed by atoms with Crippen molar-refractivity contribution >= 4 is 29.4 Å². The summed E-state index contributed by atoms with van der Waals surface area (Å²) in [5.41, 5.74) is 0.913. The van der Waals surface area contributed by atoms with Gasteiger partial charge < -0.3 is 9.84 Å². The van der Waals surface area contributed by atoms with Gasteiger partial charge in [0.15, 0.2) is 0 Å². The van der Waals surface area contributed by atoms with Crippen LogP contribution in [0, 0.1) is 0 Å². The predicted octanol–water partition coefficient (Wildman–Crippen LogP) is 2.34. The van der Waals surface area contributed by atoms with E-state index in [4.69, 9.17) is 9.84 Å². The topological polar surface area (TPSA) is 63.6 Å². The number of aliphatic carboxylic acids is 1. The van der Waals surface area contributed by atoms with E-state index in [1.54, 1.807) is 25.1 Å². The van der Waals surface area contributed by atoms with Crippen LogP contribution in [0.1, 0.15) is 23.8 Å². The summed E-state index contributed by atoms with van der Waals surface area (Å²) in [6, 6.07) is 1.81. The molecule has 0 atom stereocenters. The molecule has 0 fully saturated rings. The predicted molar refractivity (Wildman–Crippen MR) is 65.9 cm³/mol. The van der Waals surface area contributed by atoms with Crippen molar-refractivity contribution in [2.45, 2.75) is 19.8 Å². The molecular formula is C12H14O4S. The molecule has 0 spiro atoms. The largest absolute Gasteiger partial charge is 0.481 e. The number of carbonyl (C=O) groups is 2. The first-order chi connectivity index (χ1) is 8.11. The minimum atomic E-state index is -0.839. The van der Waals surface area contributed by atoms with E-state index in [1.165, 1.54) is 11.3 Å². The van der Waals surface area contributed by atoms with Crippen molar-refractivity contribution in [1.29, 1.82) is 0 Å². The molecule has 0 saturated carbocycles. The number of ether oxygens (including phenoxy) is 1. The number of carboxylic acids is 1. The first kappa shape index (κ1) is 13.4. The smallest absolute Gasteiger partial charge is 0.309 e. The Hall–Kier alpha value is -1.62. The third kappa shape index (κ3) is 5.31. The van der Waals surface area contributed by atoms with Crippen molar-refractivity contribution in [3.8, 4) is 0 Å². The highest BCUT2D eigenvalue weighted by molar-refractivity contribution is 7.10. The van der Waals surface area contributed by atoms with Crippen LogP contribution < -0.4 is 0 Å². The number of thiophene rings is 1. The second-order valence-corrected chi connectivity index (χ2v) is 4.32. The summed E-state index contributed by atoms with van der Waals surface area (Å²) in [6.45, 7) is 2.15. The minimum Gasteiger partial charge on any atom is -0.481 e. The molecule has 1 rings (SSSR count). The van der Waals surface area contributed by atoms with Gasteiger partial charge in [0, 0.05) is 4.88 Å². The average molecular weight is 254 g/mol. The highest BCUT2D eigenvalue weighted by Crippen LogP contribution is 2.16. The fourth-order valence-corrected chi connectivity index (χ4v) is 2.08. The van der Waals surface area contributed by atoms with Gasteiger partial charge in [0.05, 0.1) is 19.4 Å². The molecule has 0 aliphatic rings. The molecule has 1 N–H and O–H groups in total. The van der Waals surface area contributed by atoms with E-state index in [1.807, 2.05) is 5.38 Å². The zero-order valence-corrected chi connectivity index (χ0v) is 10.3. The molecule has 0 radical (unpaired) electrons. The lowest BCUT2D eigenvalue weighted by molar-refractivity contribution is -0.142. The Bertz CT molecular complexity index is 420. The summed E-state index contributed by atoms with van der Waals surface area (Å²) in [5, 5.41) is 10.5. The highest BCUT2D eigenvalue weighted by Gasteiger charge is 2.03. The van der Waals surface area contributed by atoms with E-state index in [2.05, 4.69) is 0 Å². The van der Waals surface area contributed by atoms with Gasteiger partial charge in [-0.1, -0.05) is 12.2 Å². The van der Waals surface area contributed by atoms with Crippen molar-refractivity contribution < 1.29 is 19.4 Å². The van der Waals surface area contributed by atoms with Crippen LogP contribution in [0.5, 0.6) is 0 Å². The Kier molecular flexibility index (Phi) is 5.42. The van der Waals surface area contributed by atoms with Gasteiger partial charge >= 0.3 is 11.9 Å². The highest BCUT2D eigenvalue weighted by atomic mass is 32.1. The summed E-state index contributed by atoms with van der Waals surface area (Å²) < 4.78 is 4.77. The molecule has 1 aromatic heterocycles. The van der Waals surface area contributed by atoms with Crippen molar-refractivity contribution in [3.63, 3.8) is 0 Å². The zero-order chi connectivity index (χ0) is 12.7. The van der Waals surface area contributed by atoms with Crippen molar-refractivity contribution in [2.24, 2.45) is 0 Å². The molecule has 1 aromatic rings. The normalized spacial score (nSPS) is 10.6. The molecule has 0 aliphatic carbocycles. The lowest BCUT2D eigenvalue weighted by Gasteiger charge is -1.95. The minimum absolute atomic E-state index is 0.0381. The Labute approximate surface area is 104 Å². The number of carbonyl (C=O) groups excluding carboxylic acids is 1. The van der Waals surface area contributed by atoms with E-state index >= 15 is 0 Å². The third-order valence-corrected chi connectivity index (χ3v) is 2.85. The Morgan fingerprint density at radius 3 is 2.94 bits per heavy atom. The standard InChI is InChI=1S/C12H14O4S/c1-2-16-12(15)5-3-4-9-6-10(17-8-9)7-11(13)14/h3-4,6,8H,2,5,7H2,1H3,(H,13,14). The van der Waals surface area contributed by atoms with Crippen LogP contribution in [-0.4, -0.2) is 23.7 Å². The van der Waals surface area contributed by atoms with E-state index in [0.717, 1.165) is 10.4 Å². The summed E-state index contributed by atoms with van der Waals surface area (Å²) in [4.78, 5) is 22.3. The quantitative estimate of drug-likeness (QED) is 0.791. The van der Waals surface area contributed by atoms with Crippen LogP contribution in [0.2, 0.25) is 0 Å². The number of esters is 1. The van der Waals surface area contributed by atoms with Gasteiger partial charge in [-0.15, -0.1) is 11.3 Å². The fourth-order valence-electron chi connectivity index (χ4n) is 1.24. The van der Waals surface area contributed by atoms with Crippen molar-refractivity contribution in [3.05, 3.63) is 28.0 Å². The molecule has 0 aromatic carbocycles. The first-order valence-electron chi connectivity index (χ1n) is 5.23. The molecule has 0 bridgehead atoms. The van der Waals surface area contributed by atoms with Gasteiger partial charge in [0.2, 0.25) is 0 Å². The molecule has 0 amide bonds. The van der Waals surface area contributed by atoms with Crippen LogP contribution in [0.3, 0.4) is 0 Å². The molecule has 4 nitrogen and oxygen atoms in total. The molecule has 0 unspecified atom stereocenters. The van der Waals surface area contributed by atoms with Crippen molar-refractivity contribution in [2.75, 3.05) is 6.61 Å². The van der Waals surface area contributed by atoms with E-state index < -0.39 is 5.97 Å². The molecule has 1 heterocycles. The molecule has 0 saturated heterocycles. The third-order valence-electron chi connectivity index (χ3n) is 1.90. The maximum absolute atomic E-state index is 11.0. The van der Waals surface area contributed by atoms with E-state index in [-0.39, 0.29) is 18.8 Å². The maximum atomic E-state index is 11.0. The van der Waals surface area contributed by atoms with Gasteiger partial charge in [-0.05, 0) is 23.9 Å². The van der Waals surface area contributed by atoms with Gasteiger partial charge in [-0.2, -0.15) is 0 Å². The first-order valence-corrected chi connectivity index (χ1v) is 6.11. The average Bonchev–Trinajstić information content (AvgIpc) is 2.65. The van der Waals surface area contributed by atoms with Gasteiger partial charge in [0.25, 0.3) is 0 Å². The van der Waals surface area contributed by atoms with Crippen molar-refractivity contribution in [1.82, 2.24) is 0 Å². The summed E-state index contributed by atoms with van der Waals surface area (Å²) in [5.74, 6) is -1.10. The van der Waals surface area contributed by atoms with Gasteiger partial charge in [0.1, 0.15) is 0 Å². The summed E-state index contributed by atoms with van der Waals surface area (Å²) in [6.07, 6.45) is 3.78. The summed E-state index contributed by atoms with van der Waals surface area (Å²) >= 11 is 1.40. The Balaban J connectivity index is 2.46. The lowest BCUT2D eigenvalue weighted by Crippen LogP contribution is -2.01.